The van der Waals surface area contributed by atoms with Gasteiger partial charge in [0.15, 0.2) is 0 Å². The second-order valence-electron chi connectivity index (χ2n) is 7.06. The highest BCUT2D eigenvalue weighted by Gasteiger charge is 2.32. The number of fused-ring (bicyclic) bond motifs is 1. The van der Waals surface area contributed by atoms with Crippen molar-refractivity contribution in [2.75, 3.05) is 13.1 Å². The second-order valence-corrected chi connectivity index (χ2v) is 7.06. The van der Waals surface area contributed by atoms with Crippen LogP contribution >= 0.6 is 0 Å². The number of rotatable bonds is 2. The third kappa shape index (κ3) is 2.74. The van der Waals surface area contributed by atoms with E-state index in [0.717, 1.165) is 43.7 Å². The van der Waals surface area contributed by atoms with E-state index in [1.807, 2.05) is 11.1 Å². The maximum atomic E-state index is 12.8. The Hall–Kier alpha value is -1.49. The van der Waals surface area contributed by atoms with Gasteiger partial charge in [-0.15, -0.1) is 0 Å². The van der Waals surface area contributed by atoms with Crippen LogP contribution in [0.2, 0.25) is 0 Å². The van der Waals surface area contributed by atoms with Crippen LogP contribution in [0.1, 0.15) is 55.6 Å². The molecule has 3 heterocycles. The number of aromatic nitrogens is 2. The molecule has 3 aliphatic rings. The maximum absolute atomic E-state index is 12.8. The number of nitrogens with zero attached hydrogens (tertiary/aromatic N) is 3. The van der Waals surface area contributed by atoms with E-state index < -0.39 is 0 Å². The summed E-state index contributed by atoms with van der Waals surface area (Å²) in [6.45, 7) is 4.62. The van der Waals surface area contributed by atoms with Crippen molar-refractivity contribution >= 4 is 5.91 Å². The standard InChI is InChI=1S/C17H24N4O/c1-11-8-13(4-6-18-11)17(22)21-7-5-15-14(10-21)9-19-16(20-15)12-2-3-12/h9,11-13,18H,2-8,10H2,1H3/t11-,13-/m0/s1. The van der Waals surface area contributed by atoms with Crippen molar-refractivity contribution in [3.05, 3.63) is 23.3 Å². The Labute approximate surface area is 131 Å². The molecule has 1 saturated carbocycles. The molecule has 4 rings (SSSR count). The van der Waals surface area contributed by atoms with Crippen LogP contribution in [-0.2, 0) is 17.8 Å². The van der Waals surface area contributed by atoms with Gasteiger partial charge in [-0.05, 0) is 39.2 Å². The summed E-state index contributed by atoms with van der Waals surface area (Å²) in [5.41, 5.74) is 2.31. The molecule has 1 aromatic rings. The van der Waals surface area contributed by atoms with Gasteiger partial charge in [0, 0.05) is 49.1 Å². The molecule has 2 atom stereocenters. The third-order valence-corrected chi connectivity index (χ3v) is 5.18. The summed E-state index contributed by atoms with van der Waals surface area (Å²) in [4.78, 5) is 24.0. The molecule has 22 heavy (non-hydrogen) atoms. The molecule has 2 aliphatic heterocycles. The highest BCUT2D eigenvalue weighted by molar-refractivity contribution is 5.79. The van der Waals surface area contributed by atoms with Gasteiger partial charge in [0.25, 0.3) is 0 Å². The lowest BCUT2D eigenvalue weighted by atomic mass is 9.91. The van der Waals surface area contributed by atoms with Gasteiger partial charge >= 0.3 is 0 Å². The number of carbonyl (C=O) groups excluding carboxylic acids is 1. The molecule has 2 fully saturated rings. The van der Waals surface area contributed by atoms with Gasteiger partial charge in [0.05, 0.1) is 5.69 Å². The SMILES string of the molecule is C[C@H]1C[C@@H](C(=O)N2CCc3nc(C4CC4)ncc3C2)CCN1. The monoisotopic (exact) mass is 300 g/mol. The Balaban J connectivity index is 1.45. The molecular formula is C17H24N4O. The summed E-state index contributed by atoms with van der Waals surface area (Å²) < 4.78 is 0. The van der Waals surface area contributed by atoms with Gasteiger partial charge in [-0.1, -0.05) is 0 Å². The number of hydrogen-bond donors (Lipinski definition) is 1. The van der Waals surface area contributed by atoms with Gasteiger partial charge in [0.1, 0.15) is 5.82 Å². The predicted octanol–water partition coefficient (Wildman–Crippen LogP) is 1.63. The third-order valence-electron chi connectivity index (χ3n) is 5.18. The number of piperidine rings is 1. The first-order valence-corrected chi connectivity index (χ1v) is 8.57. The number of carbonyl (C=O) groups is 1. The molecule has 0 bridgehead atoms. The number of nitrogens with one attached hydrogen (secondary N) is 1. The zero-order valence-electron chi connectivity index (χ0n) is 13.2. The lowest BCUT2D eigenvalue weighted by molar-refractivity contribution is -0.137. The van der Waals surface area contributed by atoms with E-state index >= 15 is 0 Å². The molecule has 5 nitrogen and oxygen atoms in total. The van der Waals surface area contributed by atoms with E-state index in [9.17, 15) is 4.79 Å². The lowest BCUT2D eigenvalue weighted by Gasteiger charge is -2.34. The number of amides is 1. The molecule has 0 unspecified atom stereocenters. The molecular weight excluding hydrogens is 276 g/mol. The van der Waals surface area contributed by atoms with Crippen LogP contribution < -0.4 is 5.32 Å². The first-order valence-electron chi connectivity index (χ1n) is 8.57. The van der Waals surface area contributed by atoms with Crippen molar-refractivity contribution in [1.29, 1.82) is 0 Å². The van der Waals surface area contributed by atoms with E-state index in [1.54, 1.807) is 0 Å². The molecule has 0 spiro atoms. The Kier molecular flexibility index (Phi) is 3.60. The van der Waals surface area contributed by atoms with Crippen molar-refractivity contribution in [3.63, 3.8) is 0 Å². The van der Waals surface area contributed by atoms with Gasteiger partial charge in [-0.2, -0.15) is 0 Å². The first kappa shape index (κ1) is 14.1. The quantitative estimate of drug-likeness (QED) is 0.902. The van der Waals surface area contributed by atoms with Gasteiger partial charge in [-0.25, -0.2) is 9.97 Å². The van der Waals surface area contributed by atoms with Gasteiger partial charge in [-0.3, -0.25) is 4.79 Å². The minimum Gasteiger partial charge on any atom is -0.338 e. The highest BCUT2D eigenvalue weighted by Crippen LogP contribution is 2.38. The van der Waals surface area contributed by atoms with E-state index in [-0.39, 0.29) is 5.92 Å². The summed E-state index contributed by atoms with van der Waals surface area (Å²) in [5.74, 6) is 2.13. The molecule has 5 heteroatoms. The fourth-order valence-electron chi connectivity index (χ4n) is 3.67. The molecule has 1 aromatic heterocycles. The normalized spacial score (nSPS) is 28.3. The van der Waals surface area contributed by atoms with Crippen molar-refractivity contribution in [2.24, 2.45) is 5.92 Å². The zero-order valence-corrected chi connectivity index (χ0v) is 13.2. The summed E-state index contributed by atoms with van der Waals surface area (Å²) in [6, 6.07) is 0.448. The Bertz CT molecular complexity index is 584. The average molecular weight is 300 g/mol. The number of hydrogen-bond acceptors (Lipinski definition) is 4. The minimum atomic E-state index is 0.185. The maximum Gasteiger partial charge on any atom is 0.226 e. The highest BCUT2D eigenvalue weighted by atomic mass is 16.2. The molecule has 1 amide bonds. The van der Waals surface area contributed by atoms with E-state index in [2.05, 4.69) is 17.2 Å². The molecule has 0 aromatic carbocycles. The summed E-state index contributed by atoms with van der Waals surface area (Å²) >= 11 is 0. The molecule has 1 aliphatic carbocycles. The van der Waals surface area contributed by atoms with Crippen molar-refractivity contribution in [1.82, 2.24) is 20.2 Å². The topological polar surface area (TPSA) is 58.1 Å². The van der Waals surface area contributed by atoms with Crippen LogP contribution in [0, 0.1) is 5.92 Å². The molecule has 0 radical (unpaired) electrons. The largest absolute Gasteiger partial charge is 0.338 e. The zero-order chi connectivity index (χ0) is 15.1. The van der Waals surface area contributed by atoms with Crippen LogP contribution in [0.5, 0.6) is 0 Å². The van der Waals surface area contributed by atoms with Crippen LogP contribution in [0.15, 0.2) is 6.20 Å². The minimum absolute atomic E-state index is 0.185. The first-order chi connectivity index (χ1) is 10.7. The Morgan fingerprint density at radius 1 is 1.36 bits per heavy atom. The Morgan fingerprint density at radius 3 is 3.00 bits per heavy atom. The van der Waals surface area contributed by atoms with E-state index in [4.69, 9.17) is 4.98 Å². The molecule has 118 valence electrons. The Morgan fingerprint density at radius 2 is 2.23 bits per heavy atom. The van der Waals surface area contributed by atoms with Crippen LogP contribution in [0.3, 0.4) is 0 Å². The van der Waals surface area contributed by atoms with Crippen LogP contribution in [0.25, 0.3) is 0 Å². The molecule has 1 N–H and O–H groups in total. The summed E-state index contributed by atoms with van der Waals surface area (Å²) in [7, 11) is 0. The summed E-state index contributed by atoms with van der Waals surface area (Å²) in [5, 5.41) is 3.42. The lowest BCUT2D eigenvalue weighted by Crippen LogP contribution is -2.45. The van der Waals surface area contributed by atoms with E-state index in [0.29, 0.717) is 24.4 Å². The van der Waals surface area contributed by atoms with Crippen molar-refractivity contribution in [2.45, 2.75) is 57.5 Å². The van der Waals surface area contributed by atoms with Crippen molar-refractivity contribution in [3.8, 4) is 0 Å². The van der Waals surface area contributed by atoms with Gasteiger partial charge in [0.2, 0.25) is 5.91 Å². The fourth-order valence-corrected chi connectivity index (χ4v) is 3.67. The van der Waals surface area contributed by atoms with E-state index in [1.165, 1.54) is 18.5 Å². The van der Waals surface area contributed by atoms with Crippen LogP contribution in [-0.4, -0.2) is 39.9 Å². The van der Waals surface area contributed by atoms with Crippen LogP contribution in [0.4, 0.5) is 0 Å². The summed E-state index contributed by atoms with van der Waals surface area (Å²) in [6.07, 6.45) is 7.22. The van der Waals surface area contributed by atoms with Gasteiger partial charge < -0.3 is 10.2 Å². The smallest absolute Gasteiger partial charge is 0.226 e. The average Bonchev–Trinajstić information content (AvgIpc) is 3.38. The predicted molar refractivity (Wildman–Crippen MR) is 83.3 cm³/mol. The van der Waals surface area contributed by atoms with Crippen molar-refractivity contribution < 1.29 is 4.79 Å². The second kappa shape index (κ2) is 5.61. The fraction of sp³-hybridized carbons (Fsp3) is 0.706. The molecule has 1 saturated heterocycles.